The Morgan fingerprint density at radius 2 is 2.31 bits per heavy atom. The highest BCUT2D eigenvalue weighted by Gasteiger charge is 2.60. The van der Waals surface area contributed by atoms with Crippen LogP contribution in [0, 0.1) is 11.3 Å². The Kier molecular flexibility index (Phi) is 1.90. The maximum Gasteiger partial charge on any atom is 0.241 e. The van der Waals surface area contributed by atoms with Gasteiger partial charge in [0, 0.05) is 4.75 Å². The number of rotatable bonds is 0. The smallest absolute Gasteiger partial charge is 0.241 e. The lowest BCUT2D eigenvalue weighted by molar-refractivity contribution is -0.141. The van der Waals surface area contributed by atoms with E-state index in [1.165, 1.54) is 0 Å². The van der Waals surface area contributed by atoms with Gasteiger partial charge in [-0.1, -0.05) is 15.9 Å². The van der Waals surface area contributed by atoms with Crippen LogP contribution in [0.5, 0.6) is 0 Å². The van der Waals surface area contributed by atoms with Crippen molar-refractivity contribution in [3.63, 3.8) is 0 Å². The van der Waals surface area contributed by atoms with E-state index < -0.39 is 0 Å². The molecule has 0 aromatic carbocycles. The normalized spacial score (nSPS) is 40.9. The Morgan fingerprint density at radius 1 is 1.69 bits per heavy atom. The molecule has 2 rings (SSSR count). The molecule has 0 N–H and O–H groups in total. The lowest BCUT2D eigenvalue weighted by Crippen LogP contribution is -2.61. The summed E-state index contributed by atoms with van der Waals surface area (Å²) in [6.45, 7) is 4.02. The van der Waals surface area contributed by atoms with Crippen molar-refractivity contribution in [1.29, 1.82) is 5.26 Å². The topological polar surface area (TPSA) is 44.1 Å². The van der Waals surface area contributed by atoms with Crippen molar-refractivity contribution >= 4 is 33.6 Å². The zero-order valence-corrected chi connectivity index (χ0v) is 9.72. The predicted octanol–water partition coefficient (Wildman–Crippen LogP) is 1.34. The summed E-state index contributed by atoms with van der Waals surface area (Å²) in [7, 11) is 0. The molecule has 0 aromatic heterocycles. The fourth-order valence-corrected chi connectivity index (χ4v) is 4.08. The van der Waals surface area contributed by atoms with Gasteiger partial charge >= 0.3 is 0 Å². The third kappa shape index (κ3) is 1.05. The fourth-order valence-electron chi connectivity index (χ4n) is 1.77. The molecule has 1 amide bonds. The summed E-state index contributed by atoms with van der Waals surface area (Å²) < 4.78 is -0.141. The number of alkyl halides is 1. The molecule has 0 unspecified atom stereocenters. The fraction of sp³-hybridized carbons (Fsp3) is 0.750. The van der Waals surface area contributed by atoms with E-state index in [4.69, 9.17) is 5.26 Å². The number of hydrogen-bond donors (Lipinski definition) is 0. The number of carbonyl (C=O) groups is 1. The lowest BCUT2D eigenvalue weighted by Gasteiger charge is -2.39. The van der Waals surface area contributed by atoms with E-state index in [9.17, 15) is 4.79 Å². The molecule has 2 fully saturated rings. The number of nitriles is 1. The van der Waals surface area contributed by atoms with Crippen LogP contribution < -0.4 is 0 Å². The second kappa shape index (κ2) is 2.64. The zero-order valence-electron chi connectivity index (χ0n) is 7.32. The minimum Gasteiger partial charge on any atom is -0.310 e. The molecule has 3 atom stereocenters. The van der Waals surface area contributed by atoms with Crippen LogP contribution >= 0.6 is 27.7 Å². The molecule has 13 heavy (non-hydrogen) atoms. The summed E-state index contributed by atoms with van der Waals surface area (Å²) in [5, 5.41) is 9.11. The van der Waals surface area contributed by atoms with Gasteiger partial charge in [-0.3, -0.25) is 4.79 Å². The van der Waals surface area contributed by atoms with Gasteiger partial charge in [0.1, 0.15) is 16.2 Å². The van der Waals surface area contributed by atoms with Crippen LogP contribution in [0.2, 0.25) is 0 Å². The van der Waals surface area contributed by atoms with Gasteiger partial charge in [-0.2, -0.15) is 5.26 Å². The maximum absolute atomic E-state index is 11.4. The van der Waals surface area contributed by atoms with Crippen LogP contribution in [0.4, 0.5) is 0 Å². The molecule has 0 radical (unpaired) electrons. The summed E-state index contributed by atoms with van der Waals surface area (Å²) in [5.74, 6) is 0.0506. The Hall–Kier alpha value is -0.210. The first-order chi connectivity index (χ1) is 5.99. The highest BCUT2D eigenvalue weighted by molar-refractivity contribution is 9.10. The lowest BCUT2D eigenvalue weighted by atomic mass is 10.00. The predicted molar refractivity (Wildman–Crippen MR) is 54.4 cm³/mol. The average molecular weight is 261 g/mol. The molecule has 0 saturated carbocycles. The number of carbonyl (C=O) groups excluding carboxylic acids is 1. The van der Waals surface area contributed by atoms with Gasteiger partial charge in [0.05, 0.1) is 6.07 Å². The number of amides is 1. The molecule has 5 heteroatoms. The van der Waals surface area contributed by atoms with Crippen molar-refractivity contribution in [1.82, 2.24) is 4.90 Å². The number of fused-ring (bicyclic) bond motifs is 1. The van der Waals surface area contributed by atoms with Gasteiger partial charge in [-0.25, -0.2) is 0 Å². The molecule has 0 aromatic rings. The van der Waals surface area contributed by atoms with E-state index in [0.717, 1.165) is 0 Å². The second-order valence-corrected chi connectivity index (χ2v) is 6.55. The van der Waals surface area contributed by atoms with E-state index >= 15 is 0 Å². The Labute approximate surface area is 89.6 Å². The molecule has 2 aliphatic heterocycles. The van der Waals surface area contributed by atoms with E-state index in [1.54, 1.807) is 16.7 Å². The van der Waals surface area contributed by atoms with Crippen LogP contribution in [0.15, 0.2) is 0 Å². The first-order valence-corrected chi connectivity index (χ1v) is 5.82. The molecule has 2 aliphatic rings. The third-order valence-electron chi connectivity index (χ3n) is 2.50. The van der Waals surface area contributed by atoms with Crippen molar-refractivity contribution in [2.45, 2.75) is 34.8 Å². The van der Waals surface area contributed by atoms with Gasteiger partial charge in [-0.15, -0.1) is 11.8 Å². The summed E-state index contributed by atoms with van der Waals surface area (Å²) in [5.41, 5.74) is 0. The molecular weight excluding hydrogens is 252 g/mol. The van der Waals surface area contributed by atoms with E-state index in [2.05, 4.69) is 22.0 Å². The highest BCUT2D eigenvalue weighted by Crippen LogP contribution is 2.52. The number of nitrogens with zero attached hydrogens (tertiary/aromatic N) is 2. The monoisotopic (exact) mass is 260 g/mol. The van der Waals surface area contributed by atoms with Crippen LogP contribution in [0.25, 0.3) is 0 Å². The summed E-state index contributed by atoms with van der Waals surface area (Å²) in [6, 6.07) is 1.93. The first kappa shape index (κ1) is 9.35. The highest BCUT2D eigenvalue weighted by atomic mass is 79.9. The summed E-state index contributed by atoms with van der Waals surface area (Å²) in [4.78, 5) is 13.0. The van der Waals surface area contributed by atoms with Gasteiger partial charge in [0.15, 0.2) is 0 Å². The Balaban J connectivity index is 2.30. The van der Waals surface area contributed by atoms with Crippen LogP contribution in [0.3, 0.4) is 0 Å². The molecule has 2 saturated heterocycles. The van der Waals surface area contributed by atoms with Gasteiger partial charge < -0.3 is 4.90 Å². The van der Waals surface area contributed by atoms with E-state index in [-0.39, 0.29) is 26.9 Å². The number of hydrogen-bond acceptors (Lipinski definition) is 3. The molecular formula is C8H9BrN2OS. The van der Waals surface area contributed by atoms with Crippen molar-refractivity contribution in [2.24, 2.45) is 0 Å². The standard InChI is InChI=1S/C8H9BrN2OS/c1-8(2)4(3-10)11-6(12)5(9)7(11)13-8/h4-5,7H,1-2H3/t4-,5-,7+/m0/s1. The van der Waals surface area contributed by atoms with Gasteiger partial charge in [0.25, 0.3) is 0 Å². The number of β-lactam (4-membered cyclic amide) rings is 1. The average Bonchev–Trinajstić information content (AvgIpc) is 2.33. The molecule has 2 heterocycles. The summed E-state index contributed by atoms with van der Waals surface area (Å²) in [6.07, 6.45) is 0. The molecule has 0 bridgehead atoms. The van der Waals surface area contributed by atoms with Crippen molar-refractivity contribution < 1.29 is 4.79 Å². The largest absolute Gasteiger partial charge is 0.310 e. The van der Waals surface area contributed by atoms with E-state index in [0.29, 0.717) is 0 Å². The van der Waals surface area contributed by atoms with Crippen LogP contribution in [0.1, 0.15) is 13.8 Å². The minimum absolute atomic E-state index is 0.0506. The van der Waals surface area contributed by atoms with E-state index in [1.807, 2.05) is 13.8 Å². The molecule has 0 spiro atoms. The molecule has 0 aliphatic carbocycles. The molecule has 70 valence electrons. The number of thioether (sulfide) groups is 1. The second-order valence-electron chi connectivity index (χ2n) is 3.79. The van der Waals surface area contributed by atoms with Crippen molar-refractivity contribution in [3.05, 3.63) is 0 Å². The zero-order chi connectivity index (χ0) is 9.80. The Bertz CT molecular complexity index is 312. The van der Waals surface area contributed by atoms with Crippen LogP contribution in [-0.2, 0) is 4.79 Å². The third-order valence-corrected chi connectivity index (χ3v) is 5.31. The van der Waals surface area contributed by atoms with Crippen molar-refractivity contribution in [2.75, 3.05) is 0 Å². The quantitative estimate of drug-likeness (QED) is 0.488. The van der Waals surface area contributed by atoms with Gasteiger partial charge in [0.2, 0.25) is 5.91 Å². The maximum atomic E-state index is 11.4. The number of halogens is 1. The Morgan fingerprint density at radius 3 is 2.85 bits per heavy atom. The van der Waals surface area contributed by atoms with Gasteiger partial charge in [-0.05, 0) is 13.8 Å². The molecule has 3 nitrogen and oxygen atoms in total. The van der Waals surface area contributed by atoms with Crippen molar-refractivity contribution in [3.8, 4) is 6.07 Å². The first-order valence-electron chi connectivity index (χ1n) is 4.03. The van der Waals surface area contributed by atoms with Crippen LogP contribution in [-0.4, -0.2) is 31.8 Å². The minimum atomic E-state index is -0.274. The SMILES string of the molecule is CC1(C)S[C@@H]2[C@@H](Br)C(=O)N2[C@H]1C#N. The summed E-state index contributed by atoms with van der Waals surface area (Å²) >= 11 is 5.02.